The van der Waals surface area contributed by atoms with Crippen molar-refractivity contribution in [1.82, 2.24) is 5.32 Å². The summed E-state index contributed by atoms with van der Waals surface area (Å²) in [5.74, 6) is 1.01. The number of nitrogens with one attached hydrogen (secondary N) is 1. The predicted molar refractivity (Wildman–Crippen MR) is 72.9 cm³/mol. The Morgan fingerprint density at radius 3 is 2.78 bits per heavy atom. The molecule has 100 valence electrons. The van der Waals surface area contributed by atoms with Gasteiger partial charge in [-0.25, -0.2) is 0 Å². The van der Waals surface area contributed by atoms with Crippen LogP contribution in [0.15, 0.2) is 18.2 Å². The number of hydrogen-bond acceptors (Lipinski definition) is 3. The van der Waals surface area contributed by atoms with Gasteiger partial charge in [0, 0.05) is 19.5 Å². The minimum atomic E-state index is -0.665. The van der Waals surface area contributed by atoms with Gasteiger partial charge in [-0.15, -0.1) is 0 Å². The summed E-state index contributed by atoms with van der Waals surface area (Å²) in [5.41, 5.74) is 1.77. The summed E-state index contributed by atoms with van der Waals surface area (Å²) in [5, 5.41) is 12.9. The highest BCUT2D eigenvalue weighted by molar-refractivity contribution is 5.41. The van der Waals surface area contributed by atoms with E-state index in [9.17, 15) is 5.11 Å². The fraction of sp³-hybridized carbons (Fsp3) is 0.600. The minimum absolute atomic E-state index is 0.0819. The average Bonchev–Trinajstić information content (AvgIpc) is 2.49. The van der Waals surface area contributed by atoms with Gasteiger partial charge in [0.25, 0.3) is 0 Å². The first-order chi connectivity index (χ1) is 8.25. The predicted octanol–water partition coefficient (Wildman–Crippen LogP) is 2.26. The molecule has 1 aliphatic rings. The standard InChI is InChI=1S/C15H23NO2/c1-14(2,17)10-16-9-11-5-6-13-12(7-11)8-15(3,4)18-13/h5-7,16-17H,8-10H2,1-4H3. The van der Waals surface area contributed by atoms with Crippen molar-refractivity contribution in [1.29, 1.82) is 0 Å². The Balaban J connectivity index is 1.97. The third-order valence-electron chi connectivity index (χ3n) is 3.01. The van der Waals surface area contributed by atoms with Crippen molar-refractivity contribution >= 4 is 0 Å². The summed E-state index contributed by atoms with van der Waals surface area (Å²) in [6.45, 7) is 9.19. The second-order valence-electron chi connectivity index (χ2n) is 6.40. The molecule has 1 heterocycles. The molecule has 2 rings (SSSR count). The first-order valence-corrected chi connectivity index (χ1v) is 6.49. The Labute approximate surface area is 109 Å². The van der Waals surface area contributed by atoms with E-state index in [1.165, 1.54) is 11.1 Å². The van der Waals surface area contributed by atoms with E-state index in [1.807, 2.05) is 6.07 Å². The second kappa shape index (κ2) is 4.56. The van der Waals surface area contributed by atoms with Crippen LogP contribution in [0.1, 0.15) is 38.8 Å². The van der Waals surface area contributed by atoms with Crippen molar-refractivity contribution < 1.29 is 9.84 Å². The van der Waals surface area contributed by atoms with Crippen molar-refractivity contribution in [3.63, 3.8) is 0 Å². The fourth-order valence-electron chi connectivity index (χ4n) is 2.29. The Hall–Kier alpha value is -1.06. The largest absolute Gasteiger partial charge is 0.487 e. The van der Waals surface area contributed by atoms with Gasteiger partial charge in [0.15, 0.2) is 0 Å². The zero-order valence-corrected chi connectivity index (χ0v) is 11.7. The average molecular weight is 249 g/mol. The second-order valence-corrected chi connectivity index (χ2v) is 6.40. The van der Waals surface area contributed by atoms with Crippen LogP contribution in [0.4, 0.5) is 0 Å². The molecule has 0 aliphatic carbocycles. The topological polar surface area (TPSA) is 41.5 Å². The molecule has 1 aromatic rings. The van der Waals surface area contributed by atoms with E-state index >= 15 is 0 Å². The summed E-state index contributed by atoms with van der Waals surface area (Å²) in [7, 11) is 0. The Morgan fingerprint density at radius 2 is 2.11 bits per heavy atom. The highest BCUT2D eigenvalue weighted by Crippen LogP contribution is 2.35. The van der Waals surface area contributed by atoms with Crippen molar-refractivity contribution in [2.75, 3.05) is 6.54 Å². The highest BCUT2D eigenvalue weighted by Gasteiger charge is 2.29. The summed E-state index contributed by atoms with van der Waals surface area (Å²) in [6, 6.07) is 6.32. The zero-order chi connectivity index (χ0) is 13.4. The Bertz CT molecular complexity index is 433. The van der Waals surface area contributed by atoms with Gasteiger partial charge in [0.2, 0.25) is 0 Å². The van der Waals surface area contributed by atoms with Gasteiger partial charge in [0.1, 0.15) is 11.4 Å². The smallest absolute Gasteiger partial charge is 0.123 e. The zero-order valence-electron chi connectivity index (χ0n) is 11.7. The molecular weight excluding hydrogens is 226 g/mol. The van der Waals surface area contributed by atoms with Gasteiger partial charge in [-0.1, -0.05) is 12.1 Å². The number of ether oxygens (including phenoxy) is 1. The van der Waals surface area contributed by atoms with Crippen LogP contribution < -0.4 is 10.1 Å². The van der Waals surface area contributed by atoms with Crippen LogP contribution in [0.2, 0.25) is 0 Å². The lowest BCUT2D eigenvalue weighted by atomic mass is 10.00. The maximum absolute atomic E-state index is 9.64. The van der Waals surface area contributed by atoms with Crippen LogP contribution in [0.25, 0.3) is 0 Å². The number of rotatable bonds is 4. The summed E-state index contributed by atoms with van der Waals surface area (Å²) >= 11 is 0. The van der Waals surface area contributed by atoms with Crippen molar-refractivity contribution in [2.24, 2.45) is 0 Å². The van der Waals surface area contributed by atoms with E-state index in [0.29, 0.717) is 6.54 Å². The van der Waals surface area contributed by atoms with Crippen LogP contribution in [-0.2, 0) is 13.0 Å². The molecule has 0 aromatic heterocycles. The van der Waals surface area contributed by atoms with E-state index in [1.54, 1.807) is 13.8 Å². The van der Waals surface area contributed by atoms with Crippen LogP contribution in [0.3, 0.4) is 0 Å². The van der Waals surface area contributed by atoms with Crippen LogP contribution in [0, 0.1) is 0 Å². The van der Waals surface area contributed by atoms with Crippen LogP contribution >= 0.6 is 0 Å². The molecule has 18 heavy (non-hydrogen) atoms. The third kappa shape index (κ3) is 3.47. The van der Waals surface area contributed by atoms with Gasteiger partial charge in [-0.2, -0.15) is 0 Å². The lowest BCUT2D eigenvalue weighted by Crippen LogP contribution is -2.34. The van der Waals surface area contributed by atoms with Crippen LogP contribution in [0.5, 0.6) is 5.75 Å². The quantitative estimate of drug-likeness (QED) is 0.860. The van der Waals surface area contributed by atoms with Crippen molar-refractivity contribution in [3.05, 3.63) is 29.3 Å². The molecule has 0 spiro atoms. The molecule has 0 atom stereocenters. The van der Waals surface area contributed by atoms with Gasteiger partial charge < -0.3 is 15.2 Å². The molecule has 3 heteroatoms. The van der Waals surface area contributed by atoms with E-state index in [2.05, 4.69) is 31.3 Å². The minimum Gasteiger partial charge on any atom is -0.487 e. The number of aliphatic hydroxyl groups is 1. The molecule has 0 saturated heterocycles. The number of fused-ring (bicyclic) bond motifs is 1. The van der Waals surface area contributed by atoms with E-state index < -0.39 is 5.60 Å². The highest BCUT2D eigenvalue weighted by atomic mass is 16.5. The molecule has 0 radical (unpaired) electrons. The molecule has 0 saturated carbocycles. The molecule has 1 aromatic carbocycles. The Morgan fingerprint density at radius 1 is 1.39 bits per heavy atom. The molecule has 0 fully saturated rings. The maximum Gasteiger partial charge on any atom is 0.123 e. The van der Waals surface area contributed by atoms with Crippen molar-refractivity contribution in [3.8, 4) is 5.75 Å². The number of hydrogen-bond donors (Lipinski definition) is 2. The first kappa shape index (κ1) is 13.4. The summed E-state index contributed by atoms with van der Waals surface area (Å²) < 4.78 is 5.85. The van der Waals surface area contributed by atoms with Gasteiger partial charge in [0.05, 0.1) is 5.60 Å². The molecule has 0 unspecified atom stereocenters. The van der Waals surface area contributed by atoms with Gasteiger partial charge in [-0.3, -0.25) is 0 Å². The molecule has 0 amide bonds. The van der Waals surface area contributed by atoms with Gasteiger partial charge in [-0.05, 0) is 44.9 Å². The molecule has 2 N–H and O–H groups in total. The summed E-state index contributed by atoms with van der Waals surface area (Å²) in [4.78, 5) is 0. The monoisotopic (exact) mass is 249 g/mol. The van der Waals surface area contributed by atoms with Crippen LogP contribution in [-0.4, -0.2) is 22.9 Å². The molecular formula is C15H23NO2. The molecule has 1 aliphatic heterocycles. The third-order valence-corrected chi connectivity index (χ3v) is 3.01. The number of benzene rings is 1. The van der Waals surface area contributed by atoms with E-state index in [0.717, 1.165) is 18.7 Å². The van der Waals surface area contributed by atoms with Crippen molar-refractivity contribution in [2.45, 2.75) is 51.9 Å². The SMILES string of the molecule is CC(C)(O)CNCc1ccc2c(c1)CC(C)(C)O2. The van der Waals surface area contributed by atoms with E-state index in [-0.39, 0.29) is 5.60 Å². The molecule has 0 bridgehead atoms. The van der Waals surface area contributed by atoms with E-state index in [4.69, 9.17) is 4.74 Å². The fourth-order valence-corrected chi connectivity index (χ4v) is 2.29. The first-order valence-electron chi connectivity index (χ1n) is 6.49. The lowest BCUT2D eigenvalue weighted by Gasteiger charge is -2.17. The summed E-state index contributed by atoms with van der Waals surface area (Å²) in [6.07, 6.45) is 0.960. The Kier molecular flexibility index (Phi) is 3.39. The lowest BCUT2D eigenvalue weighted by molar-refractivity contribution is 0.0795. The van der Waals surface area contributed by atoms with Gasteiger partial charge >= 0.3 is 0 Å². The maximum atomic E-state index is 9.64. The normalized spacial score (nSPS) is 17.4. The molecule has 3 nitrogen and oxygen atoms in total.